The highest BCUT2D eigenvalue weighted by molar-refractivity contribution is 6.01. The summed E-state index contributed by atoms with van der Waals surface area (Å²) in [5.41, 5.74) is 5.05. The molecule has 0 aliphatic carbocycles. The number of ketones is 1. The molecule has 1 amide bonds. The molecule has 0 spiro atoms. The van der Waals surface area contributed by atoms with Crippen molar-refractivity contribution in [3.05, 3.63) is 50.2 Å². The maximum atomic E-state index is 12.8. The number of nitrogens with zero attached hydrogens (tertiary/aromatic N) is 3. The van der Waals surface area contributed by atoms with E-state index >= 15 is 0 Å². The number of esters is 1. The van der Waals surface area contributed by atoms with Crippen molar-refractivity contribution in [1.29, 1.82) is 0 Å². The van der Waals surface area contributed by atoms with E-state index in [1.807, 2.05) is 26.0 Å². The number of rotatable bonds is 11. The van der Waals surface area contributed by atoms with Gasteiger partial charge in [-0.25, -0.2) is 4.79 Å². The molecule has 1 fully saturated rings. The Morgan fingerprint density at radius 2 is 1.79 bits per heavy atom. The summed E-state index contributed by atoms with van der Waals surface area (Å²) in [5, 5.41) is 0. The van der Waals surface area contributed by atoms with Crippen LogP contribution in [0.25, 0.3) is 0 Å². The van der Waals surface area contributed by atoms with Crippen LogP contribution in [0, 0.1) is 11.8 Å². The average molecular weight is 531 g/mol. The zero-order valence-electron chi connectivity index (χ0n) is 22.3. The lowest BCUT2D eigenvalue weighted by molar-refractivity contribution is -0.147. The van der Waals surface area contributed by atoms with E-state index in [1.54, 1.807) is 25.2 Å². The fourth-order valence-corrected chi connectivity index (χ4v) is 4.36. The molecular formula is C26H34N4O8. The van der Waals surface area contributed by atoms with E-state index in [0.29, 0.717) is 24.5 Å². The van der Waals surface area contributed by atoms with Gasteiger partial charge in [0.05, 0.1) is 20.1 Å². The van der Waals surface area contributed by atoms with E-state index < -0.39 is 41.1 Å². The molecule has 0 bridgehead atoms. The summed E-state index contributed by atoms with van der Waals surface area (Å²) in [6.07, 6.45) is 0.503. The summed E-state index contributed by atoms with van der Waals surface area (Å²) in [6, 6.07) is 5.49. The second-order valence-corrected chi connectivity index (χ2v) is 9.62. The number of benzene rings is 1. The average Bonchev–Trinajstić information content (AvgIpc) is 3.27. The van der Waals surface area contributed by atoms with Crippen molar-refractivity contribution in [3.63, 3.8) is 0 Å². The normalized spacial score (nSPS) is 15.2. The van der Waals surface area contributed by atoms with Gasteiger partial charge in [0.15, 0.2) is 18.1 Å². The van der Waals surface area contributed by atoms with Gasteiger partial charge in [-0.3, -0.25) is 28.3 Å². The van der Waals surface area contributed by atoms with Gasteiger partial charge in [0, 0.05) is 33.1 Å². The Bertz CT molecular complexity index is 1340. The Morgan fingerprint density at radius 3 is 2.42 bits per heavy atom. The fourth-order valence-electron chi connectivity index (χ4n) is 4.36. The van der Waals surface area contributed by atoms with Crippen molar-refractivity contribution in [2.45, 2.75) is 33.2 Å². The number of nitrogens with two attached hydrogens (primary N) is 1. The molecule has 1 aliphatic rings. The molecule has 1 aliphatic heterocycles. The topological polar surface area (TPSA) is 152 Å². The molecule has 1 aromatic heterocycles. The van der Waals surface area contributed by atoms with Gasteiger partial charge in [0.25, 0.3) is 5.56 Å². The van der Waals surface area contributed by atoms with Crippen molar-refractivity contribution in [2.75, 3.05) is 39.6 Å². The summed E-state index contributed by atoms with van der Waals surface area (Å²) in [4.78, 5) is 64.5. The van der Waals surface area contributed by atoms with Gasteiger partial charge < -0.3 is 24.8 Å². The predicted molar refractivity (Wildman–Crippen MR) is 138 cm³/mol. The number of carbonyl (C=O) groups excluding carboxylic acids is 3. The molecule has 12 nitrogen and oxygen atoms in total. The first kappa shape index (κ1) is 28.5. The number of ether oxygens (including phenoxy) is 3. The second kappa shape index (κ2) is 12.0. The van der Waals surface area contributed by atoms with E-state index in [0.717, 1.165) is 14.7 Å². The van der Waals surface area contributed by atoms with Crippen LogP contribution in [0.15, 0.2) is 27.8 Å². The minimum atomic E-state index is -0.856. The zero-order chi connectivity index (χ0) is 28.1. The summed E-state index contributed by atoms with van der Waals surface area (Å²) < 4.78 is 17.7. The number of Topliss-reactive ketones (excluding diaryl/α,β-unsaturated/α-hetero) is 1. The maximum Gasteiger partial charge on any atom is 0.332 e. The highest BCUT2D eigenvalue weighted by Crippen LogP contribution is 2.28. The Balaban J connectivity index is 1.62. The number of nitrogen functional groups attached to an aromatic ring is 1. The van der Waals surface area contributed by atoms with E-state index in [1.165, 1.54) is 7.05 Å². The monoisotopic (exact) mass is 530 g/mol. The van der Waals surface area contributed by atoms with Crippen molar-refractivity contribution < 1.29 is 28.6 Å². The number of hydrogen-bond donors (Lipinski definition) is 1. The standard InChI is InChI=1S/C26H34N4O8/c1-15(2)12-30-23(27)22(24(33)28(3)26(30)35)18(31)14-38-25(34)17-11-21(32)29(13-17)9-8-16-6-7-19(36-4)20(10-16)37-5/h6-7,10,15,17H,8-9,11-14,27H2,1-5H3/t17-/m0/s1. The molecular weight excluding hydrogens is 496 g/mol. The van der Waals surface area contributed by atoms with Crippen LogP contribution in [0.1, 0.15) is 36.2 Å². The van der Waals surface area contributed by atoms with Gasteiger partial charge in [0.2, 0.25) is 11.7 Å². The number of carbonyl (C=O) groups is 3. The molecule has 2 N–H and O–H groups in total. The first-order valence-corrected chi connectivity index (χ1v) is 12.3. The largest absolute Gasteiger partial charge is 0.493 e. The number of hydrogen-bond acceptors (Lipinski definition) is 9. The van der Waals surface area contributed by atoms with E-state index in [-0.39, 0.29) is 37.2 Å². The van der Waals surface area contributed by atoms with Gasteiger partial charge >= 0.3 is 11.7 Å². The molecule has 2 aromatic rings. The van der Waals surface area contributed by atoms with E-state index in [9.17, 15) is 24.0 Å². The number of amides is 1. The summed E-state index contributed by atoms with van der Waals surface area (Å²) in [7, 11) is 4.35. The Labute approximate surface area is 219 Å². The predicted octanol–water partition coefficient (Wildman–Crippen LogP) is 0.620. The molecule has 2 heterocycles. The van der Waals surface area contributed by atoms with Gasteiger partial charge in [-0.05, 0) is 30.0 Å². The summed E-state index contributed by atoms with van der Waals surface area (Å²) in [6.45, 7) is 3.75. The van der Waals surface area contributed by atoms with Crippen LogP contribution in [0.4, 0.5) is 5.82 Å². The highest BCUT2D eigenvalue weighted by atomic mass is 16.5. The third kappa shape index (κ3) is 6.06. The van der Waals surface area contributed by atoms with Gasteiger partial charge in [-0.2, -0.15) is 0 Å². The summed E-state index contributed by atoms with van der Waals surface area (Å²) >= 11 is 0. The van der Waals surface area contributed by atoms with E-state index in [2.05, 4.69) is 0 Å². The molecule has 3 rings (SSSR count). The minimum absolute atomic E-state index is 0.0304. The first-order chi connectivity index (χ1) is 18.0. The third-order valence-corrected chi connectivity index (χ3v) is 6.42. The van der Waals surface area contributed by atoms with Crippen LogP contribution in [-0.4, -0.2) is 65.6 Å². The third-order valence-electron chi connectivity index (χ3n) is 6.42. The lowest BCUT2D eigenvalue weighted by Crippen LogP contribution is -2.43. The second-order valence-electron chi connectivity index (χ2n) is 9.62. The van der Waals surface area contributed by atoms with Crippen molar-refractivity contribution in [3.8, 4) is 11.5 Å². The van der Waals surface area contributed by atoms with Gasteiger partial charge in [-0.1, -0.05) is 19.9 Å². The van der Waals surface area contributed by atoms with Crippen LogP contribution in [0.5, 0.6) is 11.5 Å². The van der Waals surface area contributed by atoms with E-state index in [4.69, 9.17) is 19.9 Å². The Kier molecular flexibility index (Phi) is 8.97. The Morgan fingerprint density at radius 1 is 1.11 bits per heavy atom. The first-order valence-electron chi connectivity index (χ1n) is 12.3. The van der Waals surface area contributed by atoms with Gasteiger partial charge in [-0.15, -0.1) is 0 Å². The highest BCUT2D eigenvalue weighted by Gasteiger charge is 2.35. The molecule has 0 saturated carbocycles. The van der Waals surface area contributed by atoms with Crippen LogP contribution in [0.2, 0.25) is 0 Å². The molecule has 0 radical (unpaired) electrons. The van der Waals surface area contributed by atoms with Crippen LogP contribution in [0.3, 0.4) is 0 Å². The van der Waals surface area contributed by atoms with Crippen molar-refractivity contribution >= 4 is 23.5 Å². The molecule has 1 saturated heterocycles. The lowest BCUT2D eigenvalue weighted by atomic mass is 10.1. The minimum Gasteiger partial charge on any atom is -0.493 e. The van der Waals surface area contributed by atoms with Crippen LogP contribution >= 0.6 is 0 Å². The smallest absolute Gasteiger partial charge is 0.332 e. The molecule has 1 aromatic carbocycles. The Hall–Kier alpha value is -4.09. The van der Waals surface area contributed by atoms with Crippen LogP contribution in [-0.2, 0) is 34.3 Å². The quantitative estimate of drug-likeness (QED) is 0.325. The molecule has 38 heavy (non-hydrogen) atoms. The molecule has 1 atom stereocenters. The van der Waals surface area contributed by atoms with Crippen molar-refractivity contribution in [2.24, 2.45) is 18.9 Å². The molecule has 12 heteroatoms. The summed E-state index contributed by atoms with van der Waals surface area (Å²) in [5.74, 6) is -1.51. The van der Waals surface area contributed by atoms with Gasteiger partial charge in [0.1, 0.15) is 11.4 Å². The zero-order valence-corrected chi connectivity index (χ0v) is 22.3. The number of likely N-dealkylation sites (tertiary alicyclic amines) is 1. The maximum absolute atomic E-state index is 12.8. The fraction of sp³-hybridized carbons (Fsp3) is 0.500. The van der Waals surface area contributed by atoms with Crippen LogP contribution < -0.4 is 26.5 Å². The van der Waals surface area contributed by atoms with Crippen molar-refractivity contribution in [1.82, 2.24) is 14.0 Å². The number of methoxy groups -OCH3 is 2. The number of anilines is 1. The SMILES string of the molecule is COc1ccc(CCN2C[C@@H](C(=O)OCC(=O)c3c(N)n(CC(C)C)c(=O)n(C)c3=O)CC2=O)cc1OC. The number of aromatic nitrogens is 2. The molecule has 206 valence electrons. The molecule has 0 unspecified atom stereocenters. The lowest BCUT2D eigenvalue weighted by Gasteiger charge is -2.17.